The Morgan fingerprint density at radius 3 is 1.42 bits per heavy atom. The van der Waals surface area contributed by atoms with Gasteiger partial charge in [0.2, 0.25) is 5.91 Å². The van der Waals surface area contributed by atoms with E-state index in [1.165, 1.54) is 128 Å². The lowest BCUT2D eigenvalue weighted by Gasteiger charge is -2.40. The van der Waals surface area contributed by atoms with Crippen LogP contribution >= 0.6 is 0 Å². The van der Waals surface area contributed by atoms with Crippen LogP contribution < -0.4 is 5.32 Å². The smallest absolute Gasteiger partial charge is 0.220 e. The summed E-state index contributed by atoms with van der Waals surface area (Å²) in [6, 6.07) is -0.982. The predicted molar refractivity (Wildman–Crippen MR) is 209 cm³/mol. The molecule has 2 unspecified atom stereocenters. The number of aliphatic hydroxyl groups excluding tert-OH is 6. The van der Waals surface area contributed by atoms with Crippen LogP contribution in [0.1, 0.15) is 200 Å². The molecule has 8 atom stereocenters. The second-order valence-corrected chi connectivity index (χ2v) is 15.6. The fraction of sp³-hybridized carbons (Fsp3) is 0.976. The number of nitrogens with one attached hydrogen (secondary N) is 1. The molecular formula is C42H83NO9. The summed E-state index contributed by atoms with van der Waals surface area (Å²) in [6.45, 7) is 3.58. The van der Waals surface area contributed by atoms with E-state index in [9.17, 15) is 35.4 Å². The minimum absolute atomic E-state index is 0.256. The molecular weight excluding hydrogens is 662 g/mol. The van der Waals surface area contributed by atoms with Crippen molar-refractivity contribution in [1.82, 2.24) is 5.32 Å². The van der Waals surface area contributed by atoms with Crippen LogP contribution in [0.25, 0.3) is 0 Å². The van der Waals surface area contributed by atoms with Gasteiger partial charge in [-0.25, -0.2) is 0 Å². The molecule has 1 fully saturated rings. The molecule has 1 aliphatic rings. The molecule has 1 heterocycles. The third-order valence-electron chi connectivity index (χ3n) is 10.8. The van der Waals surface area contributed by atoms with Crippen LogP contribution in [0.4, 0.5) is 0 Å². The highest BCUT2D eigenvalue weighted by molar-refractivity contribution is 5.76. The quantitative estimate of drug-likeness (QED) is 0.0324. The number of aliphatic hydroxyl groups is 6. The summed E-state index contributed by atoms with van der Waals surface area (Å²) in [4.78, 5) is 12.9. The van der Waals surface area contributed by atoms with Crippen LogP contribution in [0.15, 0.2) is 0 Å². The molecule has 1 aliphatic heterocycles. The molecule has 0 aromatic heterocycles. The highest BCUT2D eigenvalue weighted by Gasteiger charge is 2.44. The summed E-state index contributed by atoms with van der Waals surface area (Å²) in [5, 5.41) is 64.9. The zero-order valence-electron chi connectivity index (χ0n) is 33.4. The van der Waals surface area contributed by atoms with Gasteiger partial charge in [0, 0.05) is 6.42 Å². The van der Waals surface area contributed by atoms with Gasteiger partial charge in [0.15, 0.2) is 6.29 Å². The lowest BCUT2D eigenvalue weighted by molar-refractivity contribution is -0.303. The fourth-order valence-electron chi connectivity index (χ4n) is 7.20. The van der Waals surface area contributed by atoms with Crippen molar-refractivity contribution in [3.05, 3.63) is 0 Å². The molecule has 0 aromatic rings. The number of carbonyl (C=O) groups is 1. The number of carbonyl (C=O) groups excluding carboxylic acids is 1. The largest absolute Gasteiger partial charge is 0.394 e. The molecule has 52 heavy (non-hydrogen) atoms. The number of ether oxygens (including phenoxy) is 2. The molecule has 1 saturated heterocycles. The summed E-state index contributed by atoms with van der Waals surface area (Å²) >= 11 is 0. The molecule has 0 bridgehead atoms. The third kappa shape index (κ3) is 23.8. The summed E-state index contributed by atoms with van der Waals surface area (Å²) in [5.74, 6) is -0.256. The number of rotatable bonds is 36. The average Bonchev–Trinajstić information content (AvgIpc) is 3.14. The van der Waals surface area contributed by atoms with Gasteiger partial charge < -0.3 is 45.4 Å². The van der Waals surface area contributed by atoms with E-state index in [1.54, 1.807) is 0 Å². The first kappa shape index (κ1) is 49.2. The van der Waals surface area contributed by atoms with Crippen LogP contribution in [-0.4, -0.2) is 98.7 Å². The standard InChI is InChI=1S/C42H83NO9/c1-3-5-7-9-11-13-14-15-16-17-18-19-20-21-23-25-27-29-31-37(46)43-34(33-51-42-41(50)40(49)39(48)36(32-44)52-42)38(47)35(45)30-28-26-24-22-12-10-8-6-4-2/h34-36,38-42,44-45,47-50H,3-33H2,1-2H3,(H,43,46)/t34-,35+,36+,38-,39+,40?,41?,42+/m0/s1. The summed E-state index contributed by atoms with van der Waals surface area (Å²) in [6.07, 6.45) is 24.1. The Bertz CT molecular complexity index is 803. The Morgan fingerprint density at radius 2 is 1.00 bits per heavy atom. The lowest BCUT2D eigenvalue weighted by Crippen LogP contribution is -2.60. The maximum Gasteiger partial charge on any atom is 0.220 e. The number of amides is 1. The van der Waals surface area contributed by atoms with Gasteiger partial charge in [-0.2, -0.15) is 0 Å². The lowest BCUT2D eigenvalue weighted by atomic mass is 9.98. The molecule has 0 aromatic carbocycles. The Kier molecular flexibility index (Phi) is 31.7. The van der Waals surface area contributed by atoms with Crippen LogP contribution in [0.3, 0.4) is 0 Å². The van der Waals surface area contributed by atoms with Gasteiger partial charge in [0.05, 0.1) is 25.4 Å². The minimum Gasteiger partial charge on any atom is -0.394 e. The van der Waals surface area contributed by atoms with Gasteiger partial charge in [-0.3, -0.25) is 4.79 Å². The van der Waals surface area contributed by atoms with Crippen molar-refractivity contribution in [2.75, 3.05) is 13.2 Å². The van der Waals surface area contributed by atoms with Gasteiger partial charge in [-0.15, -0.1) is 0 Å². The molecule has 0 saturated carbocycles. The monoisotopic (exact) mass is 746 g/mol. The normalized spacial score (nSPS) is 22.3. The van der Waals surface area contributed by atoms with E-state index in [0.717, 1.165) is 44.9 Å². The fourth-order valence-corrected chi connectivity index (χ4v) is 7.20. The van der Waals surface area contributed by atoms with Crippen molar-refractivity contribution >= 4 is 5.91 Å². The highest BCUT2D eigenvalue weighted by atomic mass is 16.7. The van der Waals surface area contributed by atoms with E-state index in [2.05, 4.69) is 19.2 Å². The molecule has 0 radical (unpaired) electrons. The van der Waals surface area contributed by atoms with Gasteiger partial charge >= 0.3 is 0 Å². The van der Waals surface area contributed by atoms with Gasteiger partial charge in [-0.05, 0) is 12.8 Å². The van der Waals surface area contributed by atoms with Crippen molar-refractivity contribution < 1.29 is 44.9 Å². The maximum absolute atomic E-state index is 12.9. The Labute approximate surface area is 317 Å². The zero-order valence-corrected chi connectivity index (χ0v) is 33.4. The number of hydrogen-bond donors (Lipinski definition) is 7. The van der Waals surface area contributed by atoms with E-state index in [4.69, 9.17) is 9.47 Å². The van der Waals surface area contributed by atoms with Crippen LogP contribution in [0.5, 0.6) is 0 Å². The molecule has 310 valence electrons. The van der Waals surface area contributed by atoms with E-state index >= 15 is 0 Å². The van der Waals surface area contributed by atoms with Gasteiger partial charge in [0.25, 0.3) is 0 Å². The Balaban J connectivity index is 2.37. The van der Waals surface area contributed by atoms with Crippen molar-refractivity contribution in [2.24, 2.45) is 0 Å². The molecule has 10 heteroatoms. The van der Waals surface area contributed by atoms with Crippen LogP contribution in [-0.2, 0) is 14.3 Å². The van der Waals surface area contributed by atoms with E-state index in [1.807, 2.05) is 0 Å². The first-order valence-electron chi connectivity index (χ1n) is 21.8. The van der Waals surface area contributed by atoms with Gasteiger partial charge in [0.1, 0.15) is 30.5 Å². The number of unbranched alkanes of at least 4 members (excludes halogenated alkanes) is 25. The molecule has 0 spiro atoms. The summed E-state index contributed by atoms with van der Waals surface area (Å²) in [5.41, 5.74) is 0. The van der Waals surface area contributed by atoms with Gasteiger partial charge in [-0.1, -0.05) is 181 Å². The minimum atomic E-state index is -1.60. The summed E-state index contributed by atoms with van der Waals surface area (Å²) < 4.78 is 11.1. The highest BCUT2D eigenvalue weighted by Crippen LogP contribution is 2.23. The predicted octanol–water partition coefficient (Wildman–Crippen LogP) is 7.36. The van der Waals surface area contributed by atoms with Crippen molar-refractivity contribution in [3.63, 3.8) is 0 Å². The topological polar surface area (TPSA) is 169 Å². The van der Waals surface area contributed by atoms with E-state index in [0.29, 0.717) is 6.42 Å². The van der Waals surface area contributed by atoms with Crippen molar-refractivity contribution in [1.29, 1.82) is 0 Å². The van der Waals surface area contributed by atoms with E-state index < -0.39 is 55.6 Å². The second-order valence-electron chi connectivity index (χ2n) is 15.6. The first-order chi connectivity index (χ1) is 25.3. The molecule has 1 rings (SSSR count). The molecule has 10 nitrogen and oxygen atoms in total. The average molecular weight is 746 g/mol. The second kappa shape index (κ2) is 33.5. The Morgan fingerprint density at radius 1 is 0.596 bits per heavy atom. The number of hydrogen-bond acceptors (Lipinski definition) is 9. The summed E-state index contributed by atoms with van der Waals surface area (Å²) in [7, 11) is 0. The first-order valence-corrected chi connectivity index (χ1v) is 21.8. The van der Waals surface area contributed by atoms with Crippen LogP contribution in [0.2, 0.25) is 0 Å². The van der Waals surface area contributed by atoms with E-state index in [-0.39, 0.29) is 18.9 Å². The van der Waals surface area contributed by atoms with Crippen molar-refractivity contribution in [3.8, 4) is 0 Å². The third-order valence-corrected chi connectivity index (χ3v) is 10.8. The molecule has 1 amide bonds. The SMILES string of the molecule is CCCCCCCCCCCCCCCCCCCCC(=O)N[C@@H](CO[C@@H]1O[C@H](CO)[C@@H](O)C(O)C1O)[C@H](O)[C@H](O)CCCCCCCCCCC. The zero-order chi connectivity index (χ0) is 38.2. The molecule has 7 N–H and O–H groups in total. The maximum atomic E-state index is 12.9. The Hall–Kier alpha value is -0.850. The van der Waals surface area contributed by atoms with Crippen LogP contribution in [0, 0.1) is 0 Å². The molecule has 0 aliphatic carbocycles. The van der Waals surface area contributed by atoms with Crippen molar-refractivity contribution in [2.45, 2.75) is 249 Å².